The molecule has 1 aliphatic rings. The maximum absolute atomic E-state index is 12.7. The normalized spacial score (nSPS) is 13.5. The fourth-order valence-electron chi connectivity index (χ4n) is 3.10. The molecule has 0 unspecified atom stereocenters. The Bertz CT molecular complexity index is 867. The lowest BCUT2D eigenvalue weighted by Crippen LogP contribution is -2.48. The van der Waals surface area contributed by atoms with E-state index in [0.717, 1.165) is 5.69 Å². The van der Waals surface area contributed by atoms with Crippen molar-refractivity contribution < 1.29 is 14.5 Å². The summed E-state index contributed by atoms with van der Waals surface area (Å²) in [5.74, 6) is -0.658. The van der Waals surface area contributed by atoms with Gasteiger partial charge in [0.05, 0.1) is 4.92 Å². The van der Waals surface area contributed by atoms with Crippen LogP contribution in [0.25, 0.3) is 0 Å². The number of hydrogen-bond acceptors (Lipinski definition) is 5. The first-order chi connectivity index (χ1) is 13.0. The summed E-state index contributed by atoms with van der Waals surface area (Å²) in [6.45, 7) is 3.74. The molecule has 0 aliphatic carbocycles. The van der Waals surface area contributed by atoms with Crippen LogP contribution in [0.5, 0.6) is 0 Å². The fraction of sp³-hybridized carbons (Fsp3) is 0.263. The number of carbonyl (C=O) groups excluding carboxylic acids is 2. The van der Waals surface area contributed by atoms with E-state index in [1.54, 1.807) is 4.90 Å². The summed E-state index contributed by atoms with van der Waals surface area (Å²) in [6.07, 6.45) is 0. The van der Waals surface area contributed by atoms with Crippen molar-refractivity contribution in [3.05, 3.63) is 64.2 Å². The van der Waals surface area contributed by atoms with Crippen molar-refractivity contribution in [2.24, 2.45) is 0 Å². The smallest absolute Gasteiger partial charge is 0.293 e. The number of carbonyl (C=O) groups is 2. The highest BCUT2D eigenvalue weighted by Gasteiger charge is 2.25. The molecule has 3 rings (SSSR count). The lowest BCUT2D eigenvalue weighted by Gasteiger charge is -2.36. The van der Waals surface area contributed by atoms with Gasteiger partial charge in [0.1, 0.15) is 5.69 Å². The molecule has 148 valence electrons. The number of benzene rings is 2. The van der Waals surface area contributed by atoms with Crippen molar-refractivity contribution in [3.63, 3.8) is 0 Å². The molecule has 1 fully saturated rings. The minimum absolute atomic E-state index is 0. The van der Waals surface area contributed by atoms with E-state index in [-0.39, 0.29) is 35.3 Å². The molecule has 2 aromatic rings. The van der Waals surface area contributed by atoms with E-state index in [0.29, 0.717) is 26.2 Å². The highest BCUT2D eigenvalue weighted by atomic mass is 35.5. The number of anilines is 2. The molecule has 1 saturated heterocycles. The van der Waals surface area contributed by atoms with Crippen molar-refractivity contribution in [1.29, 1.82) is 0 Å². The van der Waals surface area contributed by atoms with Crippen LogP contribution in [0.4, 0.5) is 17.1 Å². The Morgan fingerprint density at radius 3 is 2.25 bits per heavy atom. The second-order valence-electron chi connectivity index (χ2n) is 6.29. The standard InChI is InChI=1S/C19H20N4O4.ClH/c1-14(24)20-17-8-7-15(13-18(17)23(26)27)19(25)22-11-9-21(10-12-22)16-5-3-2-4-6-16;/h2-8,13H,9-12H2,1H3,(H,20,24);1H. The molecule has 1 aliphatic heterocycles. The highest BCUT2D eigenvalue weighted by Crippen LogP contribution is 2.26. The van der Waals surface area contributed by atoms with Gasteiger partial charge in [-0.15, -0.1) is 12.4 Å². The monoisotopic (exact) mass is 404 g/mol. The molecule has 0 radical (unpaired) electrons. The van der Waals surface area contributed by atoms with E-state index < -0.39 is 10.8 Å². The zero-order valence-electron chi connectivity index (χ0n) is 15.3. The summed E-state index contributed by atoms with van der Waals surface area (Å²) in [5, 5.41) is 13.7. The highest BCUT2D eigenvalue weighted by molar-refractivity contribution is 5.97. The molecule has 1 heterocycles. The molecule has 0 bridgehead atoms. The first-order valence-corrected chi connectivity index (χ1v) is 8.61. The summed E-state index contributed by atoms with van der Waals surface area (Å²) < 4.78 is 0. The van der Waals surface area contributed by atoms with Gasteiger partial charge in [0, 0.05) is 50.4 Å². The second kappa shape index (κ2) is 9.18. The minimum atomic E-state index is -0.602. The number of para-hydroxylation sites is 1. The average Bonchev–Trinajstić information content (AvgIpc) is 2.68. The lowest BCUT2D eigenvalue weighted by atomic mass is 10.1. The predicted octanol–water partition coefficient (Wildman–Crippen LogP) is 2.94. The van der Waals surface area contributed by atoms with E-state index in [2.05, 4.69) is 10.2 Å². The molecule has 1 N–H and O–H groups in total. The van der Waals surface area contributed by atoms with Crippen LogP contribution in [0, 0.1) is 10.1 Å². The van der Waals surface area contributed by atoms with Crippen molar-refractivity contribution in [1.82, 2.24) is 4.90 Å². The van der Waals surface area contributed by atoms with Crippen molar-refractivity contribution in [2.45, 2.75) is 6.92 Å². The number of nitrogens with zero attached hydrogens (tertiary/aromatic N) is 3. The third kappa shape index (κ3) is 4.77. The van der Waals surface area contributed by atoms with Crippen LogP contribution in [0.1, 0.15) is 17.3 Å². The van der Waals surface area contributed by atoms with E-state index in [9.17, 15) is 19.7 Å². The average molecular weight is 405 g/mol. The SMILES string of the molecule is CC(=O)Nc1ccc(C(=O)N2CCN(c3ccccc3)CC2)cc1[N+](=O)[O-].Cl. The number of rotatable bonds is 4. The van der Waals surface area contributed by atoms with Crippen LogP contribution in [-0.2, 0) is 4.79 Å². The third-order valence-electron chi connectivity index (χ3n) is 4.44. The Kier molecular flexibility index (Phi) is 6.94. The molecule has 28 heavy (non-hydrogen) atoms. The van der Waals surface area contributed by atoms with E-state index in [4.69, 9.17) is 0 Å². The Morgan fingerprint density at radius 1 is 1.04 bits per heavy atom. The summed E-state index contributed by atoms with van der Waals surface area (Å²) in [7, 11) is 0. The van der Waals surface area contributed by atoms with Crippen LogP contribution in [0.2, 0.25) is 0 Å². The minimum Gasteiger partial charge on any atom is -0.368 e. The van der Waals surface area contributed by atoms with E-state index >= 15 is 0 Å². The third-order valence-corrected chi connectivity index (χ3v) is 4.44. The van der Waals surface area contributed by atoms with Crippen molar-refractivity contribution >= 4 is 41.3 Å². The molecule has 9 heteroatoms. The Morgan fingerprint density at radius 2 is 1.68 bits per heavy atom. The van der Waals surface area contributed by atoms with Crippen LogP contribution in [0.3, 0.4) is 0 Å². The molecular formula is C19H21ClN4O4. The number of piperazine rings is 1. The first kappa shape index (κ1) is 21.2. The second-order valence-corrected chi connectivity index (χ2v) is 6.29. The van der Waals surface area contributed by atoms with Gasteiger partial charge in [-0.25, -0.2) is 0 Å². The first-order valence-electron chi connectivity index (χ1n) is 8.61. The van der Waals surface area contributed by atoms with Gasteiger partial charge in [0.2, 0.25) is 5.91 Å². The van der Waals surface area contributed by atoms with Gasteiger partial charge in [-0.05, 0) is 24.3 Å². The van der Waals surface area contributed by atoms with Crippen molar-refractivity contribution in [2.75, 3.05) is 36.4 Å². The van der Waals surface area contributed by atoms with Crippen LogP contribution < -0.4 is 10.2 Å². The quantitative estimate of drug-likeness (QED) is 0.624. The van der Waals surface area contributed by atoms with Gasteiger partial charge in [-0.3, -0.25) is 19.7 Å². The van der Waals surface area contributed by atoms with Crippen LogP contribution in [-0.4, -0.2) is 47.8 Å². The molecule has 0 aromatic heterocycles. The summed E-state index contributed by atoms with van der Waals surface area (Å²) >= 11 is 0. The molecule has 0 saturated carbocycles. The predicted molar refractivity (Wildman–Crippen MR) is 109 cm³/mol. The number of nitro benzene ring substituents is 1. The molecule has 2 amide bonds. The topological polar surface area (TPSA) is 95.8 Å². The van der Waals surface area contributed by atoms with E-state index in [1.807, 2.05) is 30.3 Å². The van der Waals surface area contributed by atoms with Crippen LogP contribution in [0.15, 0.2) is 48.5 Å². The molecule has 2 aromatic carbocycles. The van der Waals surface area contributed by atoms with Gasteiger partial charge in [-0.2, -0.15) is 0 Å². The van der Waals surface area contributed by atoms with Crippen molar-refractivity contribution in [3.8, 4) is 0 Å². The molecule has 0 atom stereocenters. The number of halogens is 1. The largest absolute Gasteiger partial charge is 0.368 e. The molecular weight excluding hydrogens is 384 g/mol. The zero-order valence-corrected chi connectivity index (χ0v) is 16.1. The van der Waals surface area contributed by atoms with Gasteiger partial charge in [0.25, 0.3) is 11.6 Å². The number of amides is 2. The summed E-state index contributed by atoms with van der Waals surface area (Å²) in [6, 6.07) is 14.1. The van der Waals surface area contributed by atoms with Gasteiger partial charge < -0.3 is 15.1 Å². The van der Waals surface area contributed by atoms with E-state index in [1.165, 1.54) is 25.1 Å². The Hall–Kier alpha value is -3.13. The summed E-state index contributed by atoms with van der Waals surface area (Å²) in [5.41, 5.74) is 1.14. The molecule has 0 spiro atoms. The summed E-state index contributed by atoms with van der Waals surface area (Å²) in [4.78, 5) is 38.5. The van der Waals surface area contributed by atoms with Gasteiger partial charge in [0.15, 0.2) is 0 Å². The maximum Gasteiger partial charge on any atom is 0.293 e. The number of nitrogens with one attached hydrogen (secondary N) is 1. The number of nitro groups is 1. The Balaban J connectivity index is 0.00000280. The zero-order chi connectivity index (χ0) is 19.4. The van der Waals surface area contributed by atoms with Gasteiger partial charge >= 0.3 is 0 Å². The maximum atomic E-state index is 12.7. The Labute approximate surface area is 168 Å². The van der Waals surface area contributed by atoms with Gasteiger partial charge in [-0.1, -0.05) is 18.2 Å². The fourth-order valence-corrected chi connectivity index (χ4v) is 3.10. The molecule has 8 nitrogen and oxygen atoms in total. The lowest BCUT2D eigenvalue weighted by molar-refractivity contribution is -0.384. The van der Waals surface area contributed by atoms with Crippen LogP contribution >= 0.6 is 12.4 Å². The number of hydrogen-bond donors (Lipinski definition) is 1.